The smallest absolute Gasteiger partial charge is 0.290 e. The van der Waals surface area contributed by atoms with E-state index in [0.29, 0.717) is 15.9 Å². The summed E-state index contributed by atoms with van der Waals surface area (Å²) in [5.74, 6) is 0.556. The Bertz CT molecular complexity index is 762. The predicted octanol–water partition coefficient (Wildman–Crippen LogP) is 0.785. The fourth-order valence-electron chi connectivity index (χ4n) is 1.92. The zero-order valence-electron chi connectivity index (χ0n) is 12.5. The number of carbonyl (C=O) groups excluding carboxylic acids is 1. The molecule has 1 heterocycles. The molecule has 1 aromatic heterocycles. The fraction of sp³-hybridized carbons (Fsp3) is 0.286. The number of H-pyrrole nitrogens is 1. The summed E-state index contributed by atoms with van der Waals surface area (Å²) in [6, 6.07) is 6.78. The number of thiocarbonyl (C=S) groups is 1. The van der Waals surface area contributed by atoms with E-state index >= 15 is 0 Å². The third kappa shape index (κ3) is 4.67. The van der Waals surface area contributed by atoms with Crippen LogP contribution in [0.1, 0.15) is 16.9 Å². The number of thioether (sulfide) groups is 1. The first kappa shape index (κ1) is 17.2. The number of hydrazine groups is 1. The predicted molar refractivity (Wildman–Crippen MR) is 96.6 cm³/mol. The molecule has 0 bridgehead atoms. The van der Waals surface area contributed by atoms with Crippen LogP contribution < -0.4 is 21.7 Å². The second-order valence-electron chi connectivity index (χ2n) is 4.63. The quantitative estimate of drug-likeness (QED) is 0.359. The highest BCUT2D eigenvalue weighted by Crippen LogP contribution is 2.11. The standard InChI is InChI=1S/C14H17N5O2S2/c1-23-8-4-7-15-14(22)19-18-13(21)11-9-5-2-3-6-10(9)12(20)17-16-11/h2-3,5-6H,4,7-8H2,1H3,(H,17,20)(H,18,21)(H2,15,19,22). The number of hydrogen-bond acceptors (Lipinski definition) is 5. The summed E-state index contributed by atoms with van der Waals surface area (Å²) in [5.41, 5.74) is 4.87. The lowest BCUT2D eigenvalue weighted by Gasteiger charge is -2.11. The first-order valence-electron chi connectivity index (χ1n) is 6.94. The molecule has 7 nitrogen and oxygen atoms in total. The molecule has 2 aromatic rings. The van der Waals surface area contributed by atoms with Gasteiger partial charge in [-0.05, 0) is 36.7 Å². The lowest BCUT2D eigenvalue weighted by atomic mass is 10.1. The van der Waals surface area contributed by atoms with Crippen molar-refractivity contribution in [2.45, 2.75) is 6.42 Å². The number of nitrogens with one attached hydrogen (secondary N) is 4. The summed E-state index contributed by atoms with van der Waals surface area (Å²) in [7, 11) is 0. The van der Waals surface area contributed by atoms with Gasteiger partial charge in [-0.1, -0.05) is 18.2 Å². The van der Waals surface area contributed by atoms with Crippen LogP contribution in [0, 0.1) is 0 Å². The van der Waals surface area contributed by atoms with Crippen LogP contribution in [0.2, 0.25) is 0 Å². The molecule has 0 unspecified atom stereocenters. The van der Waals surface area contributed by atoms with Gasteiger partial charge < -0.3 is 5.32 Å². The number of aromatic nitrogens is 2. The number of amides is 1. The van der Waals surface area contributed by atoms with Gasteiger partial charge in [0.25, 0.3) is 11.5 Å². The SMILES string of the molecule is CSCCCNC(=S)NNC(=O)c1n[nH]c(=O)c2ccccc12. The maximum absolute atomic E-state index is 12.2. The van der Waals surface area contributed by atoms with Crippen LogP contribution in [0.3, 0.4) is 0 Å². The van der Waals surface area contributed by atoms with Crippen molar-refractivity contribution in [3.8, 4) is 0 Å². The maximum atomic E-state index is 12.2. The van der Waals surface area contributed by atoms with Crippen LogP contribution in [0.5, 0.6) is 0 Å². The van der Waals surface area contributed by atoms with E-state index in [1.807, 2.05) is 6.26 Å². The minimum absolute atomic E-state index is 0.123. The van der Waals surface area contributed by atoms with Gasteiger partial charge in [0.05, 0.1) is 5.39 Å². The normalized spacial score (nSPS) is 10.3. The van der Waals surface area contributed by atoms with E-state index in [-0.39, 0.29) is 11.3 Å². The topological polar surface area (TPSA) is 98.9 Å². The van der Waals surface area contributed by atoms with E-state index in [0.717, 1.165) is 18.7 Å². The Morgan fingerprint density at radius 1 is 1.30 bits per heavy atom. The fourth-order valence-corrected chi connectivity index (χ4v) is 2.51. The van der Waals surface area contributed by atoms with Crippen LogP contribution in [0.15, 0.2) is 29.1 Å². The molecular weight excluding hydrogens is 334 g/mol. The van der Waals surface area contributed by atoms with Crippen molar-refractivity contribution in [1.82, 2.24) is 26.4 Å². The minimum atomic E-state index is -0.481. The van der Waals surface area contributed by atoms with E-state index in [4.69, 9.17) is 12.2 Å². The molecule has 0 atom stereocenters. The first-order valence-corrected chi connectivity index (χ1v) is 8.74. The molecule has 23 heavy (non-hydrogen) atoms. The Kier molecular flexibility index (Phi) is 6.36. The molecular formula is C14H17N5O2S2. The van der Waals surface area contributed by atoms with Gasteiger partial charge in [-0.25, -0.2) is 5.10 Å². The molecule has 122 valence electrons. The average molecular weight is 351 g/mol. The van der Waals surface area contributed by atoms with Crippen molar-refractivity contribution in [2.24, 2.45) is 0 Å². The molecule has 0 aliphatic carbocycles. The molecule has 0 fully saturated rings. The van der Waals surface area contributed by atoms with Crippen molar-refractivity contribution in [3.05, 3.63) is 40.3 Å². The summed E-state index contributed by atoms with van der Waals surface area (Å²) in [6.45, 7) is 0.725. The van der Waals surface area contributed by atoms with Gasteiger partial charge in [0.15, 0.2) is 10.8 Å². The lowest BCUT2D eigenvalue weighted by molar-refractivity contribution is 0.0939. The highest BCUT2D eigenvalue weighted by Gasteiger charge is 2.13. The molecule has 0 spiro atoms. The third-order valence-electron chi connectivity index (χ3n) is 3.01. The van der Waals surface area contributed by atoms with Crippen LogP contribution in [-0.4, -0.2) is 39.8 Å². The monoisotopic (exact) mass is 351 g/mol. The van der Waals surface area contributed by atoms with Gasteiger partial charge in [0, 0.05) is 11.9 Å². The maximum Gasteiger partial charge on any atom is 0.290 e. The number of benzene rings is 1. The van der Waals surface area contributed by atoms with E-state index in [1.54, 1.807) is 36.0 Å². The molecule has 2 rings (SSSR count). The van der Waals surface area contributed by atoms with Crippen molar-refractivity contribution in [2.75, 3.05) is 18.6 Å². The number of hydrogen-bond donors (Lipinski definition) is 4. The molecule has 1 amide bonds. The Morgan fingerprint density at radius 2 is 2.04 bits per heavy atom. The van der Waals surface area contributed by atoms with Crippen LogP contribution in [-0.2, 0) is 0 Å². The summed E-state index contributed by atoms with van der Waals surface area (Å²) >= 11 is 6.83. The molecule has 0 saturated heterocycles. The third-order valence-corrected chi connectivity index (χ3v) is 3.95. The zero-order chi connectivity index (χ0) is 16.7. The molecule has 0 saturated carbocycles. The summed E-state index contributed by atoms with van der Waals surface area (Å²) in [5, 5.41) is 10.3. The number of rotatable bonds is 5. The number of nitrogens with zero attached hydrogens (tertiary/aromatic N) is 1. The van der Waals surface area contributed by atoms with Gasteiger partial charge in [-0.3, -0.25) is 20.4 Å². The van der Waals surface area contributed by atoms with E-state index in [9.17, 15) is 9.59 Å². The Hall–Kier alpha value is -2.13. The summed E-state index contributed by atoms with van der Waals surface area (Å²) < 4.78 is 0. The Labute approximate surface area is 142 Å². The average Bonchev–Trinajstić information content (AvgIpc) is 2.57. The van der Waals surface area contributed by atoms with Crippen LogP contribution in [0.4, 0.5) is 0 Å². The van der Waals surface area contributed by atoms with Gasteiger partial charge in [0.1, 0.15) is 0 Å². The largest absolute Gasteiger partial charge is 0.361 e. The van der Waals surface area contributed by atoms with Crippen molar-refractivity contribution in [3.63, 3.8) is 0 Å². The van der Waals surface area contributed by atoms with E-state index in [1.165, 1.54) is 0 Å². The van der Waals surface area contributed by atoms with Gasteiger partial charge >= 0.3 is 0 Å². The Balaban J connectivity index is 1.98. The van der Waals surface area contributed by atoms with Crippen LogP contribution >= 0.6 is 24.0 Å². The highest BCUT2D eigenvalue weighted by molar-refractivity contribution is 7.98. The van der Waals surface area contributed by atoms with Gasteiger partial charge in [-0.2, -0.15) is 16.9 Å². The van der Waals surface area contributed by atoms with Crippen molar-refractivity contribution < 1.29 is 4.79 Å². The molecule has 9 heteroatoms. The number of aromatic amines is 1. The number of carbonyl (C=O) groups is 1. The molecule has 0 radical (unpaired) electrons. The summed E-state index contributed by atoms with van der Waals surface area (Å²) in [4.78, 5) is 23.9. The second-order valence-corrected chi connectivity index (χ2v) is 6.02. The zero-order valence-corrected chi connectivity index (χ0v) is 14.1. The minimum Gasteiger partial charge on any atom is -0.361 e. The number of fused-ring (bicyclic) bond motifs is 1. The molecule has 1 aromatic carbocycles. The van der Waals surface area contributed by atoms with Gasteiger partial charge in [-0.15, -0.1) is 0 Å². The van der Waals surface area contributed by atoms with Crippen molar-refractivity contribution >= 4 is 45.8 Å². The Morgan fingerprint density at radius 3 is 2.78 bits per heavy atom. The van der Waals surface area contributed by atoms with Crippen LogP contribution in [0.25, 0.3) is 10.8 Å². The second kappa shape index (κ2) is 8.49. The molecule has 4 N–H and O–H groups in total. The highest BCUT2D eigenvalue weighted by atomic mass is 32.2. The van der Waals surface area contributed by atoms with Gasteiger partial charge in [0.2, 0.25) is 0 Å². The lowest BCUT2D eigenvalue weighted by Crippen LogP contribution is -2.47. The first-order chi connectivity index (χ1) is 11.1. The van der Waals surface area contributed by atoms with E-state index in [2.05, 4.69) is 26.4 Å². The summed E-state index contributed by atoms with van der Waals surface area (Å²) in [6.07, 6.45) is 3.02. The molecule has 0 aliphatic heterocycles. The van der Waals surface area contributed by atoms with E-state index < -0.39 is 5.91 Å². The molecule has 0 aliphatic rings. The van der Waals surface area contributed by atoms with Crippen molar-refractivity contribution in [1.29, 1.82) is 0 Å².